The number of likely N-dealkylation sites (tertiary alicyclic amines) is 1. The van der Waals surface area contributed by atoms with Crippen LogP contribution in [0.2, 0.25) is 0 Å². The topological polar surface area (TPSA) is 58.6 Å². The third-order valence-electron chi connectivity index (χ3n) is 5.84. The fourth-order valence-corrected chi connectivity index (χ4v) is 4.20. The van der Waals surface area contributed by atoms with Crippen molar-refractivity contribution in [3.8, 4) is 0 Å². The summed E-state index contributed by atoms with van der Waals surface area (Å²) in [7, 11) is 1.23. The molecule has 2 amide bonds. The molecule has 11 heteroatoms. The molecule has 3 rings (SSSR count). The number of alkyl halides is 5. The van der Waals surface area contributed by atoms with Gasteiger partial charge in [-0.25, -0.2) is 18.0 Å². The Bertz CT molecular complexity index is 861. The molecular formula is C20H22F6N2O3. The van der Waals surface area contributed by atoms with Crippen molar-refractivity contribution in [2.24, 2.45) is 11.8 Å². The van der Waals surface area contributed by atoms with E-state index in [1.807, 2.05) is 0 Å². The highest BCUT2D eigenvalue weighted by molar-refractivity contribution is 5.81. The van der Waals surface area contributed by atoms with Crippen LogP contribution in [0.1, 0.15) is 37.3 Å². The molecule has 1 aromatic rings. The molecule has 2 aliphatic rings. The number of halogens is 6. The summed E-state index contributed by atoms with van der Waals surface area (Å²) in [6.45, 7) is 1.90. The number of methoxy groups -OCH3 is 1. The average molecular weight is 452 g/mol. The minimum absolute atomic E-state index is 0.0638. The Kier molecular flexibility index (Phi) is 5.92. The predicted molar refractivity (Wildman–Crippen MR) is 96.7 cm³/mol. The molecule has 2 fully saturated rings. The van der Waals surface area contributed by atoms with Gasteiger partial charge < -0.3 is 15.0 Å². The summed E-state index contributed by atoms with van der Waals surface area (Å²) in [5, 5.41) is 2.64. The fourth-order valence-electron chi connectivity index (χ4n) is 4.20. The first kappa shape index (κ1) is 23.2. The van der Waals surface area contributed by atoms with Gasteiger partial charge in [-0.1, -0.05) is 0 Å². The highest BCUT2D eigenvalue weighted by Gasteiger charge is 2.49. The monoisotopic (exact) mass is 452 g/mol. The van der Waals surface area contributed by atoms with Crippen molar-refractivity contribution in [1.82, 2.24) is 10.2 Å². The first-order chi connectivity index (χ1) is 14.2. The number of hydrogen-bond donors (Lipinski definition) is 1. The van der Waals surface area contributed by atoms with E-state index in [0.29, 0.717) is 25.0 Å². The van der Waals surface area contributed by atoms with Gasteiger partial charge in [0.15, 0.2) is 0 Å². The van der Waals surface area contributed by atoms with Crippen molar-refractivity contribution in [2.45, 2.75) is 43.8 Å². The number of nitrogens with one attached hydrogen (secondary N) is 1. The first-order valence-corrected chi connectivity index (χ1v) is 9.64. The van der Waals surface area contributed by atoms with E-state index < -0.39 is 53.0 Å². The number of ether oxygens (including phenoxy) is 1. The van der Waals surface area contributed by atoms with E-state index in [9.17, 15) is 35.9 Å². The molecule has 31 heavy (non-hydrogen) atoms. The fraction of sp³-hybridized carbons (Fsp3) is 0.600. The van der Waals surface area contributed by atoms with Gasteiger partial charge in [0.25, 0.3) is 5.92 Å². The number of carbonyl (C=O) groups excluding carboxylic acids is 2. The molecule has 1 aliphatic heterocycles. The first-order valence-electron chi connectivity index (χ1n) is 9.64. The summed E-state index contributed by atoms with van der Waals surface area (Å²) in [6.07, 6.45) is -5.40. The molecule has 0 spiro atoms. The lowest BCUT2D eigenvalue weighted by atomic mass is 9.68. The molecule has 0 aromatic heterocycles. The second kappa shape index (κ2) is 7.90. The van der Waals surface area contributed by atoms with Gasteiger partial charge in [-0.3, -0.25) is 4.79 Å². The van der Waals surface area contributed by atoms with Crippen LogP contribution in [0.4, 0.5) is 31.1 Å². The van der Waals surface area contributed by atoms with Crippen molar-refractivity contribution in [3.63, 3.8) is 0 Å². The van der Waals surface area contributed by atoms with Gasteiger partial charge >= 0.3 is 12.3 Å². The van der Waals surface area contributed by atoms with Gasteiger partial charge in [0, 0.05) is 36.9 Å². The summed E-state index contributed by atoms with van der Waals surface area (Å²) in [6, 6.07) is 0.956. The maximum Gasteiger partial charge on any atom is 0.416 e. The summed E-state index contributed by atoms with van der Waals surface area (Å²) >= 11 is 0. The Morgan fingerprint density at radius 2 is 1.81 bits per heavy atom. The minimum Gasteiger partial charge on any atom is -0.453 e. The largest absolute Gasteiger partial charge is 0.453 e. The van der Waals surface area contributed by atoms with Crippen molar-refractivity contribution >= 4 is 12.0 Å². The standard InChI is InChI=1S/C20H22F6N2O3/c1-18(27-17(30)31-2)7-12(8-18)16(29)28-9-11(10-28)6-19(22,23)14-4-3-13(5-15(14)21)20(24,25)26/h3-5,11-12H,6-10H2,1-2H3,(H,27,30)/t12-,18+. The number of amides is 2. The second-order valence-electron chi connectivity index (χ2n) is 8.49. The van der Waals surface area contributed by atoms with Crippen molar-refractivity contribution in [1.29, 1.82) is 0 Å². The van der Waals surface area contributed by atoms with E-state index in [-0.39, 0.29) is 31.0 Å². The normalized spacial score (nSPS) is 24.3. The van der Waals surface area contributed by atoms with E-state index in [0.717, 1.165) is 0 Å². The molecule has 1 aliphatic carbocycles. The Morgan fingerprint density at radius 1 is 1.19 bits per heavy atom. The lowest BCUT2D eigenvalue weighted by Crippen LogP contribution is -2.61. The maximum atomic E-state index is 14.5. The SMILES string of the molecule is COC(=O)N[C@]1(C)C[C@H](C(=O)N2CC(CC(F)(F)c3ccc(C(F)(F)F)cc3F)C2)C1. The number of rotatable bonds is 5. The highest BCUT2D eigenvalue weighted by Crippen LogP contribution is 2.43. The number of benzene rings is 1. The highest BCUT2D eigenvalue weighted by atomic mass is 19.4. The quantitative estimate of drug-likeness (QED) is 0.678. The molecule has 0 radical (unpaired) electrons. The molecule has 0 atom stereocenters. The molecular weight excluding hydrogens is 430 g/mol. The zero-order valence-corrected chi connectivity index (χ0v) is 16.9. The van der Waals surface area contributed by atoms with Gasteiger partial charge in [-0.05, 0) is 38.0 Å². The zero-order valence-electron chi connectivity index (χ0n) is 16.9. The lowest BCUT2D eigenvalue weighted by Gasteiger charge is -2.49. The Hall–Kier alpha value is -2.46. The molecule has 1 N–H and O–H groups in total. The summed E-state index contributed by atoms with van der Waals surface area (Å²) in [5.74, 6) is -6.41. The molecule has 0 unspecified atom stereocenters. The van der Waals surface area contributed by atoms with E-state index >= 15 is 0 Å². The van der Waals surface area contributed by atoms with Crippen LogP contribution in [-0.4, -0.2) is 42.6 Å². The lowest BCUT2D eigenvalue weighted by molar-refractivity contribution is -0.150. The molecule has 1 heterocycles. The molecule has 5 nitrogen and oxygen atoms in total. The zero-order chi connectivity index (χ0) is 23.2. The Labute approximate surface area is 174 Å². The Morgan fingerprint density at radius 3 is 2.32 bits per heavy atom. The van der Waals surface area contributed by atoms with Crippen LogP contribution in [0.5, 0.6) is 0 Å². The van der Waals surface area contributed by atoms with Gasteiger partial charge in [-0.15, -0.1) is 0 Å². The minimum atomic E-state index is -4.83. The average Bonchev–Trinajstić information content (AvgIpc) is 2.60. The van der Waals surface area contributed by atoms with E-state index in [2.05, 4.69) is 10.1 Å². The molecule has 0 bridgehead atoms. The third-order valence-corrected chi connectivity index (χ3v) is 5.84. The van der Waals surface area contributed by atoms with E-state index in [4.69, 9.17) is 0 Å². The molecule has 1 saturated carbocycles. The van der Waals surface area contributed by atoms with Gasteiger partial charge in [0.1, 0.15) is 5.82 Å². The number of carbonyl (C=O) groups is 2. The van der Waals surface area contributed by atoms with Gasteiger partial charge in [-0.2, -0.15) is 13.2 Å². The van der Waals surface area contributed by atoms with Gasteiger partial charge in [0.2, 0.25) is 5.91 Å². The number of hydrogen-bond acceptors (Lipinski definition) is 3. The predicted octanol–water partition coefficient (Wildman–Crippen LogP) is 4.31. The van der Waals surface area contributed by atoms with Crippen molar-refractivity contribution in [2.75, 3.05) is 20.2 Å². The van der Waals surface area contributed by atoms with Crippen molar-refractivity contribution < 1.29 is 40.7 Å². The van der Waals surface area contributed by atoms with Crippen LogP contribution in [0.25, 0.3) is 0 Å². The number of nitrogens with zero attached hydrogens (tertiary/aromatic N) is 1. The summed E-state index contributed by atoms with van der Waals surface area (Å²) in [4.78, 5) is 25.2. The van der Waals surface area contributed by atoms with Crippen LogP contribution < -0.4 is 5.32 Å². The van der Waals surface area contributed by atoms with Crippen LogP contribution in [0.15, 0.2) is 18.2 Å². The van der Waals surface area contributed by atoms with Gasteiger partial charge in [0.05, 0.1) is 18.2 Å². The Balaban J connectivity index is 1.52. The third kappa shape index (κ3) is 4.90. The van der Waals surface area contributed by atoms with E-state index in [1.165, 1.54) is 12.0 Å². The molecule has 172 valence electrons. The number of alkyl carbamates (subject to hydrolysis) is 1. The second-order valence-corrected chi connectivity index (χ2v) is 8.49. The molecule has 1 aromatic carbocycles. The smallest absolute Gasteiger partial charge is 0.416 e. The van der Waals surface area contributed by atoms with Crippen LogP contribution in [-0.2, 0) is 21.6 Å². The maximum absolute atomic E-state index is 14.5. The summed E-state index contributed by atoms with van der Waals surface area (Å²) < 4.78 is 85.2. The van der Waals surface area contributed by atoms with Crippen LogP contribution in [0.3, 0.4) is 0 Å². The van der Waals surface area contributed by atoms with Crippen molar-refractivity contribution in [3.05, 3.63) is 35.1 Å². The summed E-state index contributed by atoms with van der Waals surface area (Å²) in [5.41, 5.74) is -2.99. The molecule has 1 saturated heterocycles. The van der Waals surface area contributed by atoms with Crippen LogP contribution >= 0.6 is 0 Å². The van der Waals surface area contributed by atoms with Crippen LogP contribution in [0, 0.1) is 17.7 Å². The van der Waals surface area contributed by atoms with E-state index in [1.54, 1.807) is 6.92 Å².